The van der Waals surface area contributed by atoms with E-state index in [4.69, 9.17) is 0 Å². The number of hydrogen-bond acceptors (Lipinski definition) is 6. The van der Waals surface area contributed by atoms with Crippen molar-refractivity contribution in [1.29, 1.82) is 0 Å². The number of anilines is 1. The number of aliphatic hydroxyl groups excluding tert-OH is 1. The van der Waals surface area contributed by atoms with Crippen LogP contribution in [0.3, 0.4) is 0 Å². The number of aliphatic hydroxyl groups is 1. The standard InChI is InChI=1S/C22H23FN6O/c1-13-8-28(9-14(2)25-13)18-3-4-20-15(5-18)7-24-21(27-20)16-6-19(23)22-26-17(12-30)11-29(22)10-16/h3-7,10-11,13-14,25,30H,8-9,12H2,1-2H3. The fraction of sp³-hybridized carbons (Fsp3) is 0.318. The molecular formula is C22H23FN6O. The summed E-state index contributed by atoms with van der Waals surface area (Å²) >= 11 is 0. The Labute approximate surface area is 173 Å². The van der Waals surface area contributed by atoms with E-state index in [-0.39, 0.29) is 12.3 Å². The molecular weight excluding hydrogens is 383 g/mol. The van der Waals surface area contributed by atoms with E-state index in [9.17, 15) is 9.50 Å². The predicted octanol–water partition coefficient (Wildman–Crippen LogP) is 2.76. The average molecular weight is 406 g/mol. The van der Waals surface area contributed by atoms with Crippen molar-refractivity contribution in [2.75, 3.05) is 18.0 Å². The molecule has 1 aliphatic heterocycles. The summed E-state index contributed by atoms with van der Waals surface area (Å²) in [6.45, 7) is 6.05. The van der Waals surface area contributed by atoms with Gasteiger partial charge in [-0.25, -0.2) is 19.3 Å². The highest BCUT2D eigenvalue weighted by molar-refractivity contribution is 5.83. The monoisotopic (exact) mass is 406 g/mol. The molecule has 5 rings (SSSR count). The molecule has 1 saturated heterocycles. The second-order valence-corrected chi connectivity index (χ2v) is 8.01. The van der Waals surface area contributed by atoms with Gasteiger partial charge < -0.3 is 19.7 Å². The molecule has 8 heteroatoms. The zero-order valence-corrected chi connectivity index (χ0v) is 16.9. The first-order valence-electron chi connectivity index (χ1n) is 10.1. The molecule has 0 bridgehead atoms. The van der Waals surface area contributed by atoms with Crippen LogP contribution in [-0.4, -0.2) is 49.6 Å². The minimum atomic E-state index is -0.479. The number of nitrogens with zero attached hydrogens (tertiary/aromatic N) is 5. The van der Waals surface area contributed by atoms with Gasteiger partial charge in [0.1, 0.15) is 0 Å². The molecule has 30 heavy (non-hydrogen) atoms. The summed E-state index contributed by atoms with van der Waals surface area (Å²) < 4.78 is 16.0. The maximum absolute atomic E-state index is 14.5. The van der Waals surface area contributed by atoms with Crippen molar-refractivity contribution in [3.63, 3.8) is 0 Å². The zero-order chi connectivity index (χ0) is 20.8. The number of benzene rings is 1. The van der Waals surface area contributed by atoms with Crippen LogP contribution in [0.2, 0.25) is 0 Å². The van der Waals surface area contributed by atoms with Gasteiger partial charge in [0.05, 0.1) is 17.8 Å². The molecule has 7 nitrogen and oxygen atoms in total. The molecule has 1 fully saturated rings. The average Bonchev–Trinajstić information content (AvgIpc) is 3.16. The first-order chi connectivity index (χ1) is 14.5. The van der Waals surface area contributed by atoms with Gasteiger partial charge in [0.15, 0.2) is 17.3 Å². The van der Waals surface area contributed by atoms with Crippen LogP contribution >= 0.6 is 0 Å². The lowest BCUT2D eigenvalue weighted by atomic mass is 10.1. The highest BCUT2D eigenvalue weighted by Gasteiger charge is 2.21. The molecule has 4 heterocycles. The Bertz CT molecular complexity index is 1230. The van der Waals surface area contributed by atoms with Gasteiger partial charge in [0.25, 0.3) is 0 Å². The van der Waals surface area contributed by atoms with Crippen molar-refractivity contribution < 1.29 is 9.50 Å². The number of imidazole rings is 1. The lowest BCUT2D eigenvalue weighted by molar-refractivity contribution is 0.277. The number of halogens is 1. The third-order valence-corrected chi connectivity index (χ3v) is 5.46. The van der Waals surface area contributed by atoms with E-state index in [0.29, 0.717) is 29.2 Å². The summed E-state index contributed by atoms with van der Waals surface area (Å²) in [6.07, 6.45) is 5.11. The van der Waals surface area contributed by atoms with Crippen molar-refractivity contribution in [2.24, 2.45) is 0 Å². The summed E-state index contributed by atoms with van der Waals surface area (Å²) in [4.78, 5) is 15.6. The fourth-order valence-electron chi connectivity index (χ4n) is 4.20. The van der Waals surface area contributed by atoms with Crippen molar-refractivity contribution in [3.8, 4) is 11.4 Å². The Hall–Kier alpha value is -3.10. The van der Waals surface area contributed by atoms with Crippen LogP contribution in [-0.2, 0) is 6.61 Å². The first-order valence-corrected chi connectivity index (χ1v) is 10.1. The number of fused-ring (bicyclic) bond motifs is 2. The molecule has 154 valence electrons. The minimum absolute atomic E-state index is 0.174. The third kappa shape index (κ3) is 3.38. The molecule has 0 amide bonds. The fourth-order valence-corrected chi connectivity index (χ4v) is 4.20. The Balaban J connectivity index is 1.50. The normalized spacial score (nSPS) is 19.7. The number of nitrogens with one attached hydrogen (secondary N) is 1. The number of rotatable bonds is 3. The molecule has 1 aromatic carbocycles. The van der Waals surface area contributed by atoms with Gasteiger partial charge in [-0.1, -0.05) is 0 Å². The molecule has 4 aromatic rings. The van der Waals surface area contributed by atoms with E-state index in [1.807, 2.05) is 6.07 Å². The number of piperazine rings is 1. The number of hydrogen-bond donors (Lipinski definition) is 2. The lowest BCUT2D eigenvalue weighted by Gasteiger charge is -2.37. The molecule has 0 spiro atoms. The SMILES string of the molecule is CC1CN(c2ccc3nc(-c4cc(F)c5nc(CO)cn5c4)ncc3c2)CC(C)N1. The highest BCUT2D eigenvalue weighted by Crippen LogP contribution is 2.25. The molecule has 2 N–H and O–H groups in total. The van der Waals surface area contributed by atoms with Crippen molar-refractivity contribution in [2.45, 2.75) is 32.5 Å². The molecule has 0 radical (unpaired) electrons. The van der Waals surface area contributed by atoms with E-state index in [2.05, 4.69) is 51.1 Å². The van der Waals surface area contributed by atoms with E-state index >= 15 is 0 Å². The van der Waals surface area contributed by atoms with Gasteiger partial charge in [-0.05, 0) is 38.1 Å². The van der Waals surface area contributed by atoms with Gasteiger partial charge in [0, 0.05) is 60.4 Å². The lowest BCUT2D eigenvalue weighted by Crippen LogP contribution is -2.54. The van der Waals surface area contributed by atoms with Crippen LogP contribution in [0.25, 0.3) is 27.9 Å². The maximum Gasteiger partial charge on any atom is 0.173 e. The second-order valence-electron chi connectivity index (χ2n) is 8.01. The van der Waals surface area contributed by atoms with Gasteiger partial charge in [-0.15, -0.1) is 0 Å². The topological polar surface area (TPSA) is 78.6 Å². The molecule has 3 aromatic heterocycles. The van der Waals surface area contributed by atoms with E-state index < -0.39 is 5.82 Å². The van der Waals surface area contributed by atoms with Crippen molar-refractivity contribution >= 4 is 22.2 Å². The summed E-state index contributed by atoms with van der Waals surface area (Å²) in [5, 5.41) is 13.7. The van der Waals surface area contributed by atoms with Gasteiger partial charge in [-0.2, -0.15) is 0 Å². The van der Waals surface area contributed by atoms with Crippen LogP contribution < -0.4 is 10.2 Å². The minimum Gasteiger partial charge on any atom is -0.390 e. The number of pyridine rings is 1. The molecule has 2 atom stereocenters. The largest absolute Gasteiger partial charge is 0.390 e. The first kappa shape index (κ1) is 18.9. The Morgan fingerprint density at radius 3 is 2.70 bits per heavy atom. The smallest absolute Gasteiger partial charge is 0.173 e. The van der Waals surface area contributed by atoms with Crippen LogP contribution in [0.15, 0.2) is 42.9 Å². The molecule has 0 aliphatic carbocycles. The van der Waals surface area contributed by atoms with Crippen LogP contribution in [0.4, 0.5) is 10.1 Å². The Kier molecular flexibility index (Phi) is 4.60. The van der Waals surface area contributed by atoms with Crippen molar-refractivity contribution in [1.82, 2.24) is 24.7 Å². The zero-order valence-electron chi connectivity index (χ0n) is 16.9. The summed E-state index contributed by atoms with van der Waals surface area (Å²) in [7, 11) is 0. The van der Waals surface area contributed by atoms with Crippen molar-refractivity contribution in [3.05, 3.63) is 54.4 Å². The Morgan fingerprint density at radius 1 is 1.13 bits per heavy atom. The van der Waals surface area contributed by atoms with Gasteiger partial charge >= 0.3 is 0 Å². The van der Waals surface area contributed by atoms with Gasteiger partial charge in [-0.3, -0.25) is 0 Å². The second kappa shape index (κ2) is 7.30. The summed E-state index contributed by atoms with van der Waals surface area (Å²) in [6, 6.07) is 8.42. The Morgan fingerprint density at radius 2 is 1.93 bits per heavy atom. The highest BCUT2D eigenvalue weighted by atomic mass is 19.1. The number of aromatic nitrogens is 4. The third-order valence-electron chi connectivity index (χ3n) is 5.46. The van der Waals surface area contributed by atoms with Gasteiger partial charge in [0.2, 0.25) is 0 Å². The molecule has 2 unspecified atom stereocenters. The maximum atomic E-state index is 14.5. The van der Waals surface area contributed by atoms with E-state index in [1.165, 1.54) is 6.07 Å². The van der Waals surface area contributed by atoms with Crippen LogP contribution in [0.5, 0.6) is 0 Å². The summed E-state index contributed by atoms with van der Waals surface area (Å²) in [5.74, 6) is -0.0343. The molecule has 1 aliphatic rings. The van der Waals surface area contributed by atoms with Crippen LogP contribution in [0.1, 0.15) is 19.5 Å². The summed E-state index contributed by atoms with van der Waals surface area (Å²) in [5.41, 5.74) is 3.10. The van der Waals surface area contributed by atoms with E-state index in [1.54, 1.807) is 23.0 Å². The quantitative estimate of drug-likeness (QED) is 0.545. The van der Waals surface area contributed by atoms with Crippen LogP contribution in [0, 0.1) is 5.82 Å². The van der Waals surface area contributed by atoms with E-state index in [0.717, 1.165) is 29.7 Å². The predicted molar refractivity (Wildman–Crippen MR) is 114 cm³/mol. The molecule has 0 saturated carbocycles.